The number of rotatable bonds is 8. The number of halogens is 1. The van der Waals surface area contributed by atoms with Gasteiger partial charge in [0.05, 0.1) is 24.9 Å². The van der Waals surface area contributed by atoms with Crippen molar-refractivity contribution >= 4 is 41.0 Å². The summed E-state index contributed by atoms with van der Waals surface area (Å²) in [6.07, 6.45) is 2.63. The minimum atomic E-state index is -0.717. The highest BCUT2D eigenvalue weighted by Gasteiger charge is 2.12. The lowest BCUT2D eigenvalue weighted by atomic mass is 10.1. The van der Waals surface area contributed by atoms with Gasteiger partial charge in [-0.15, -0.1) is 0 Å². The lowest BCUT2D eigenvalue weighted by molar-refractivity contribution is -0.142. The van der Waals surface area contributed by atoms with Gasteiger partial charge in [0.15, 0.2) is 23.9 Å². The molecule has 0 saturated carbocycles. The third-order valence-corrected chi connectivity index (χ3v) is 4.07. The summed E-state index contributed by atoms with van der Waals surface area (Å²) in [5.41, 5.74) is 1.32. The zero-order chi connectivity index (χ0) is 21.4. The number of anilines is 1. The van der Waals surface area contributed by atoms with Gasteiger partial charge in [-0.1, -0.05) is 23.7 Å². The van der Waals surface area contributed by atoms with Gasteiger partial charge in [0.1, 0.15) is 0 Å². The minimum Gasteiger partial charge on any atom is -0.493 e. The van der Waals surface area contributed by atoms with E-state index in [9.17, 15) is 14.4 Å². The Morgan fingerprint density at radius 1 is 1.10 bits per heavy atom. The number of carbonyl (C=O) groups excluding carboxylic acids is 3. The van der Waals surface area contributed by atoms with Crippen molar-refractivity contribution in [1.29, 1.82) is 0 Å². The second-order valence-corrected chi connectivity index (χ2v) is 6.24. The summed E-state index contributed by atoms with van der Waals surface area (Å²) in [5.74, 6) is -0.664. The van der Waals surface area contributed by atoms with Crippen LogP contribution in [0, 0.1) is 0 Å². The molecule has 2 rings (SSSR count). The number of esters is 1. The zero-order valence-corrected chi connectivity index (χ0v) is 16.9. The van der Waals surface area contributed by atoms with Gasteiger partial charge >= 0.3 is 5.97 Å². The van der Waals surface area contributed by atoms with E-state index in [0.717, 1.165) is 6.08 Å². The standard InChI is InChI=1S/C21H20ClNO6/c1-13(24)15-6-4-5-7-17(15)23-19(25)12-29-20(26)9-8-14-10-16(22)21(28-3)18(11-14)27-2/h4-11H,12H2,1-3H3,(H,23,25)/b9-8+. The van der Waals surface area contributed by atoms with Crippen molar-refractivity contribution in [2.45, 2.75) is 6.92 Å². The normalized spacial score (nSPS) is 10.5. The zero-order valence-electron chi connectivity index (χ0n) is 16.2. The largest absolute Gasteiger partial charge is 0.493 e. The van der Waals surface area contributed by atoms with Gasteiger partial charge in [-0.05, 0) is 42.8 Å². The first-order chi connectivity index (χ1) is 13.8. The predicted octanol–water partition coefficient (Wildman–Crippen LogP) is 3.75. The second kappa shape index (κ2) is 10.3. The van der Waals surface area contributed by atoms with E-state index in [-0.39, 0.29) is 5.78 Å². The number of nitrogens with one attached hydrogen (secondary N) is 1. The van der Waals surface area contributed by atoms with E-state index in [1.54, 1.807) is 36.4 Å². The third kappa shape index (κ3) is 6.08. The molecule has 0 heterocycles. The van der Waals surface area contributed by atoms with Crippen LogP contribution < -0.4 is 14.8 Å². The number of Topliss-reactive ketones (excluding diaryl/α,β-unsaturated/α-hetero) is 1. The van der Waals surface area contributed by atoms with E-state index < -0.39 is 18.5 Å². The molecule has 0 aliphatic rings. The van der Waals surface area contributed by atoms with Gasteiger partial charge < -0.3 is 19.5 Å². The Balaban J connectivity index is 1.96. The number of methoxy groups -OCH3 is 2. The fourth-order valence-electron chi connectivity index (χ4n) is 2.47. The van der Waals surface area contributed by atoms with Crippen molar-refractivity contribution in [3.05, 3.63) is 58.6 Å². The minimum absolute atomic E-state index is 0.186. The van der Waals surface area contributed by atoms with Crippen LogP contribution in [0.1, 0.15) is 22.8 Å². The first-order valence-corrected chi connectivity index (χ1v) is 8.89. The Labute approximate surface area is 173 Å². The van der Waals surface area contributed by atoms with Crippen LogP contribution in [0.5, 0.6) is 11.5 Å². The summed E-state index contributed by atoms with van der Waals surface area (Å²) in [7, 11) is 2.94. The van der Waals surface area contributed by atoms with Gasteiger partial charge in [0.2, 0.25) is 0 Å². The van der Waals surface area contributed by atoms with Gasteiger partial charge in [0.25, 0.3) is 5.91 Å². The first kappa shape index (κ1) is 22.0. The van der Waals surface area contributed by atoms with Gasteiger partial charge in [-0.2, -0.15) is 0 Å². The number of ether oxygens (including phenoxy) is 3. The Hall–Kier alpha value is -3.32. The van der Waals surface area contributed by atoms with Crippen LogP contribution >= 0.6 is 11.6 Å². The number of carbonyl (C=O) groups is 3. The lowest BCUT2D eigenvalue weighted by Gasteiger charge is -2.10. The maximum Gasteiger partial charge on any atom is 0.331 e. The molecule has 0 radical (unpaired) electrons. The van der Waals surface area contributed by atoms with Crippen molar-refractivity contribution in [3.8, 4) is 11.5 Å². The summed E-state index contributed by atoms with van der Waals surface area (Å²) in [6.45, 7) is 0.901. The quantitative estimate of drug-likeness (QED) is 0.399. The number of benzene rings is 2. The number of para-hydroxylation sites is 1. The summed E-state index contributed by atoms with van der Waals surface area (Å²) >= 11 is 6.11. The summed E-state index contributed by atoms with van der Waals surface area (Å²) < 4.78 is 15.3. The third-order valence-electron chi connectivity index (χ3n) is 3.79. The molecule has 8 heteroatoms. The van der Waals surface area contributed by atoms with E-state index >= 15 is 0 Å². The molecule has 2 aromatic carbocycles. The maximum absolute atomic E-state index is 12.0. The molecule has 0 aliphatic carbocycles. The molecular formula is C21H20ClNO6. The molecule has 7 nitrogen and oxygen atoms in total. The van der Waals surface area contributed by atoms with Crippen LogP contribution in [0.15, 0.2) is 42.5 Å². The number of hydrogen-bond acceptors (Lipinski definition) is 6. The summed E-state index contributed by atoms with van der Waals surface area (Å²) in [5, 5.41) is 2.87. The van der Waals surface area contributed by atoms with Crippen molar-refractivity contribution in [3.63, 3.8) is 0 Å². The molecule has 0 aliphatic heterocycles. The molecule has 2 aromatic rings. The van der Waals surface area contributed by atoms with E-state index in [1.807, 2.05) is 0 Å². The molecular weight excluding hydrogens is 398 g/mol. The highest BCUT2D eigenvalue weighted by Crippen LogP contribution is 2.36. The van der Waals surface area contributed by atoms with Gasteiger partial charge in [-0.25, -0.2) is 4.79 Å². The molecule has 29 heavy (non-hydrogen) atoms. The molecule has 0 saturated heterocycles. The fraction of sp³-hybridized carbons (Fsp3) is 0.190. The molecule has 0 aromatic heterocycles. The van der Waals surface area contributed by atoms with E-state index in [2.05, 4.69) is 5.32 Å². The SMILES string of the molecule is COc1cc(/C=C/C(=O)OCC(=O)Nc2ccccc2C(C)=O)cc(Cl)c1OC. The van der Waals surface area contributed by atoms with E-state index in [0.29, 0.717) is 33.3 Å². The molecule has 0 spiro atoms. The molecule has 0 fully saturated rings. The predicted molar refractivity (Wildman–Crippen MR) is 110 cm³/mol. The smallest absolute Gasteiger partial charge is 0.331 e. The molecule has 152 valence electrons. The van der Waals surface area contributed by atoms with Crippen molar-refractivity contribution < 1.29 is 28.6 Å². The van der Waals surface area contributed by atoms with Gasteiger partial charge in [0, 0.05) is 11.6 Å². The Kier molecular flexibility index (Phi) is 7.79. The van der Waals surface area contributed by atoms with Crippen LogP contribution in [0.3, 0.4) is 0 Å². The van der Waals surface area contributed by atoms with Crippen LogP contribution in [0.25, 0.3) is 6.08 Å². The first-order valence-electron chi connectivity index (χ1n) is 8.52. The Morgan fingerprint density at radius 3 is 2.48 bits per heavy atom. The number of amides is 1. The van der Waals surface area contributed by atoms with E-state index in [1.165, 1.54) is 27.2 Å². The average molecular weight is 418 g/mol. The molecule has 0 unspecified atom stereocenters. The van der Waals surface area contributed by atoms with Crippen LogP contribution in [-0.4, -0.2) is 38.5 Å². The lowest BCUT2D eigenvalue weighted by Crippen LogP contribution is -2.21. The topological polar surface area (TPSA) is 90.9 Å². The van der Waals surface area contributed by atoms with Crippen molar-refractivity contribution in [2.24, 2.45) is 0 Å². The van der Waals surface area contributed by atoms with Crippen LogP contribution in [0.2, 0.25) is 5.02 Å². The fourth-order valence-corrected chi connectivity index (χ4v) is 2.76. The summed E-state index contributed by atoms with van der Waals surface area (Å²) in [4.78, 5) is 35.4. The monoisotopic (exact) mass is 417 g/mol. The van der Waals surface area contributed by atoms with E-state index in [4.69, 9.17) is 25.8 Å². The molecule has 1 N–H and O–H groups in total. The van der Waals surface area contributed by atoms with Crippen molar-refractivity contribution in [1.82, 2.24) is 0 Å². The maximum atomic E-state index is 12.0. The van der Waals surface area contributed by atoms with Crippen LogP contribution in [0.4, 0.5) is 5.69 Å². The number of hydrogen-bond donors (Lipinski definition) is 1. The number of ketones is 1. The molecule has 0 atom stereocenters. The second-order valence-electron chi connectivity index (χ2n) is 5.83. The Bertz CT molecular complexity index is 954. The van der Waals surface area contributed by atoms with Crippen LogP contribution in [-0.2, 0) is 14.3 Å². The summed E-state index contributed by atoms with van der Waals surface area (Å²) in [6, 6.07) is 9.80. The highest BCUT2D eigenvalue weighted by atomic mass is 35.5. The Morgan fingerprint density at radius 2 is 1.83 bits per heavy atom. The molecule has 1 amide bonds. The average Bonchev–Trinajstić information content (AvgIpc) is 2.70. The van der Waals surface area contributed by atoms with Crippen molar-refractivity contribution in [2.75, 3.05) is 26.1 Å². The molecule has 0 bridgehead atoms. The highest BCUT2D eigenvalue weighted by molar-refractivity contribution is 6.32. The van der Waals surface area contributed by atoms with Gasteiger partial charge in [-0.3, -0.25) is 9.59 Å².